The van der Waals surface area contributed by atoms with Crippen molar-refractivity contribution in [1.82, 2.24) is 15.0 Å². The minimum absolute atomic E-state index is 0.266. The van der Waals surface area contributed by atoms with E-state index in [-0.39, 0.29) is 5.28 Å². The van der Waals surface area contributed by atoms with Gasteiger partial charge in [0.1, 0.15) is 5.82 Å². The van der Waals surface area contributed by atoms with Gasteiger partial charge in [-0.25, -0.2) is 4.98 Å². The van der Waals surface area contributed by atoms with Crippen molar-refractivity contribution >= 4 is 17.5 Å². The van der Waals surface area contributed by atoms with Crippen molar-refractivity contribution in [2.24, 2.45) is 0 Å². The molecule has 1 aromatic rings. The molecule has 0 saturated carbocycles. The Labute approximate surface area is 89.1 Å². The SMILES string of the molecule is CCCCc1nc(Cl)nc(NCC)n1. The average Bonchev–Trinajstić information content (AvgIpc) is 2.14. The molecule has 0 aliphatic carbocycles. The molecule has 0 aliphatic heterocycles. The number of hydrogen-bond acceptors (Lipinski definition) is 4. The third-order valence-corrected chi connectivity index (χ3v) is 1.91. The Kier molecular flexibility index (Phi) is 4.59. The summed E-state index contributed by atoms with van der Waals surface area (Å²) in [6.45, 7) is 4.91. The maximum atomic E-state index is 5.76. The van der Waals surface area contributed by atoms with Crippen LogP contribution in [0.25, 0.3) is 0 Å². The fraction of sp³-hybridized carbons (Fsp3) is 0.667. The number of nitrogens with one attached hydrogen (secondary N) is 1. The third-order valence-electron chi connectivity index (χ3n) is 1.74. The van der Waals surface area contributed by atoms with Crippen molar-refractivity contribution in [1.29, 1.82) is 0 Å². The molecule has 0 atom stereocenters. The lowest BCUT2D eigenvalue weighted by atomic mass is 10.2. The van der Waals surface area contributed by atoms with Crippen LogP contribution in [0.15, 0.2) is 0 Å². The minimum Gasteiger partial charge on any atom is -0.354 e. The molecule has 0 bridgehead atoms. The number of rotatable bonds is 5. The van der Waals surface area contributed by atoms with Crippen LogP contribution in [0.5, 0.6) is 0 Å². The van der Waals surface area contributed by atoms with Gasteiger partial charge >= 0.3 is 0 Å². The lowest BCUT2D eigenvalue weighted by Crippen LogP contribution is -2.06. The smallest absolute Gasteiger partial charge is 0.227 e. The Balaban J connectivity index is 2.73. The lowest BCUT2D eigenvalue weighted by Gasteiger charge is -2.03. The highest BCUT2D eigenvalue weighted by molar-refractivity contribution is 6.28. The monoisotopic (exact) mass is 214 g/mol. The van der Waals surface area contributed by atoms with Gasteiger partial charge < -0.3 is 5.32 Å². The van der Waals surface area contributed by atoms with E-state index in [1.54, 1.807) is 0 Å². The van der Waals surface area contributed by atoms with Gasteiger partial charge in [0, 0.05) is 13.0 Å². The number of anilines is 1. The Morgan fingerprint density at radius 3 is 2.64 bits per heavy atom. The molecule has 0 radical (unpaired) electrons. The maximum Gasteiger partial charge on any atom is 0.227 e. The van der Waals surface area contributed by atoms with Gasteiger partial charge in [-0.3, -0.25) is 0 Å². The summed E-state index contributed by atoms with van der Waals surface area (Å²) < 4.78 is 0. The van der Waals surface area contributed by atoms with E-state index in [9.17, 15) is 0 Å². The second-order valence-electron chi connectivity index (χ2n) is 2.98. The Morgan fingerprint density at radius 1 is 1.21 bits per heavy atom. The summed E-state index contributed by atoms with van der Waals surface area (Å²) >= 11 is 5.76. The Hall–Kier alpha value is -0.900. The summed E-state index contributed by atoms with van der Waals surface area (Å²) in [6, 6.07) is 0. The van der Waals surface area contributed by atoms with Crippen molar-refractivity contribution in [3.05, 3.63) is 11.1 Å². The minimum atomic E-state index is 0.266. The van der Waals surface area contributed by atoms with Crippen molar-refractivity contribution < 1.29 is 0 Å². The van der Waals surface area contributed by atoms with E-state index < -0.39 is 0 Å². The van der Waals surface area contributed by atoms with Crippen molar-refractivity contribution in [3.63, 3.8) is 0 Å². The zero-order valence-corrected chi connectivity index (χ0v) is 9.30. The number of aryl methyl sites for hydroxylation is 1. The second-order valence-corrected chi connectivity index (χ2v) is 3.32. The fourth-order valence-corrected chi connectivity index (χ4v) is 1.25. The molecule has 0 saturated heterocycles. The molecule has 1 rings (SSSR count). The maximum absolute atomic E-state index is 5.76. The number of nitrogens with zero attached hydrogens (tertiary/aromatic N) is 3. The van der Waals surface area contributed by atoms with Crippen LogP contribution in [0.2, 0.25) is 5.28 Å². The number of hydrogen-bond donors (Lipinski definition) is 1. The van der Waals surface area contributed by atoms with Gasteiger partial charge in [-0.1, -0.05) is 13.3 Å². The van der Waals surface area contributed by atoms with Gasteiger partial charge in [0.15, 0.2) is 0 Å². The summed E-state index contributed by atoms with van der Waals surface area (Å²) in [6.07, 6.45) is 3.06. The molecule has 4 nitrogen and oxygen atoms in total. The fourth-order valence-electron chi connectivity index (χ4n) is 1.07. The van der Waals surface area contributed by atoms with E-state index in [2.05, 4.69) is 27.2 Å². The van der Waals surface area contributed by atoms with Crippen molar-refractivity contribution in [2.45, 2.75) is 33.1 Å². The van der Waals surface area contributed by atoms with Crippen LogP contribution in [0, 0.1) is 0 Å². The predicted octanol–water partition coefficient (Wildman–Crippen LogP) is 2.30. The molecule has 1 N–H and O–H groups in total. The first-order valence-electron chi connectivity index (χ1n) is 4.90. The summed E-state index contributed by atoms with van der Waals surface area (Å²) in [5.74, 6) is 1.33. The van der Waals surface area contributed by atoms with Gasteiger partial charge in [0.25, 0.3) is 0 Å². The molecule has 14 heavy (non-hydrogen) atoms. The van der Waals surface area contributed by atoms with E-state index in [0.717, 1.165) is 31.6 Å². The standard InChI is InChI=1S/C9H15ClN4/c1-3-5-6-7-12-8(10)14-9(13-7)11-4-2/h3-6H2,1-2H3,(H,11,12,13,14). The van der Waals surface area contributed by atoms with Gasteiger partial charge in [0.2, 0.25) is 11.2 Å². The quantitative estimate of drug-likeness (QED) is 0.817. The largest absolute Gasteiger partial charge is 0.354 e. The molecule has 0 spiro atoms. The topological polar surface area (TPSA) is 50.7 Å². The number of aromatic nitrogens is 3. The molecule has 78 valence electrons. The highest BCUT2D eigenvalue weighted by atomic mass is 35.5. The molecule has 0 aromatic carbocycles. The van der Waals surface area contributed by atoms with Crippen molar-refractivity contribution in [3.8, 4) is 0 Å². The van der Waals surface area contributed by atoms with E-state index in [1.807, 2.05) is 6.92 Å². The molecular weight excluding hydrogens is 200 g/mol. The molecular formula is C9H15ClN4. The zero-order chi connectivity index (χ0) is 10.4. The van der Waals surface area contributed by atoms with Crippen LogP contribution in [0.3, 0.4) is 0 Å². The average molecular weight is 215 g/mol. The predicted molar refractivity (Wildman–Crippen MR) is 57.6 cm³/mol. The van der Waals surface area contributed by atoms with Crippen LogP contribution in [-0.4, -0.2) is 21.5 Å². The first-order valence-corrected chi connectivity index (χ1v) is 5.28. The summed E-state index contributed by atoms with van der Waals surface area (Å²) in [7, 11) is 0. The van der Waals surface area contributed by atoms with Crippen molar-refractivity contribution in [2.75, 3.05) is 11.9 Å². The second kappa shape index (κ2) is 5.75. The normalized spacial score (nSPS) is 10.2. The zero-order valence-electron chi connectivity index (χ0n) is 8.55. The van der Waals surface area contributed by atoms with Crippen LogP contribution in [0.1, 0.15) is 32.5 Å². The van der Waals surface area contributed by atoms with E-state index in [1.165, 1.54) is 0 Å². The van der Waals surface area contributed by atoms with Gasteiger partial charge in [-0.05, 0) is 24.9 Å². The summed E-state index contributed by atoms with van der Waals surface area (Å²) in [5.41, 5.74) is 0. The molecule has 1 aromatic heterocycles. The van der Waals surface area contributed by atoms with Crippen LogP contribution in [-0.2, 0) is 6.42 Å². The Bertz CT molecular complexity index is 290. The molecule has 0 amide bonds. The molecule has 0 fully saturated rings. The van der Waals surface area contributed by atoms with Crippen LogP contribution in [0.4, 0.5) is 5.95 Å². The molecule has 0 aliphatic rings. The van der Waals surface area contributed by atoms with Crippen LogP contribution >= 0.6 is 11.6 Å². The van der Waals surface area contributed by atoms with Gasteiger partial charge in [-0.15, -0.1) is 0 Å². The Morgan fingerprint density at radius 2 is 2.00 bits per heavy atom. The first-order chi connectivity index (χ1) is 6.76. The van der Waals surface area contributed by atoms with E-state index in [4.69, 9.17) is 11.6 Å². The molecule has 5 heteroatoms. The highest BCUT2D eigenvalue weighted by Crippen LogP contribution is 2.07. The van der Waals surface area contributed by atoms with E-state index >= 15 is 0 Å². The number of halogens is 1. The number of unbranched alkanes of at least 4 members (excludes halogenated alkanes) is 1. The summed E-state index contributed by atoms with van der Waals surface area (Å²) in [5, 5.41) is 3.28. The van der Waals surface area contributed by atoms with Gasteiger partial charge in [0.05, 0.1) is 0 Å². The lowest BCUT2D eigenvalue weighted by molar-refractivity contribution is 0.745. The van der Waals surface area contributed by atoms with Gasteiger partial charge in [-0.2, -0.15) is 9.97 Å². The summed E-state index contributed by atoms with van der Waals surface area (Å²) in [4.78, 5) is 12.3. The molecule has 0 unspecified atom stereocenters. The highest BCUT2D eigenvalue weighted by Gasteiger charge is 2.03. The first kappa shape index (κ1) is 11.2. The van der Waals surface area contributed by atoms with Crippen LogP contribution < -0.4 is 5.32 Å². The molecule has 1 heterocycles. The third kappa shape index (κ3) is 3.46. The van der Waals surface area contributed by atoms with E-state index in [0.29, 0.717) is 5.95 Å².